The SMILES string of the molecule is c1ccc(-c2cc3c4ccccc4c4cc(OCC5CO5)ccc4c3o2)c(OCC2CO2)c1. The van der Waals surface area contributed by atoms with Gasteiger partial charge in [-0.25, -0.2) is 0 Å². The lowest BCUT2D eigenvalue weighted by atomic mass is 9.98. The molecule has 5 aromatic rings. The fraction of sp³-hybridized carbons (Fsp3) is 0.214. The predicted octanol–water partition coefficient (Wildman–Crippen LogP) is 5.96. The molecular formula is C28H22O5. The molecule has 0 aliphatic carbocycles. The molecule has 0 spiro atoms. The third-order valence-electron chi connectivity index (χ3n) is 6.29. The molecule has 0 N–H and O–H groups in total. The normalized spacial score (nSPS) is 19.3. The van der Waals surface area contributed by atoms with E-state index in [2.05, 4.69) is 42.5 Å². The Labute approximate surface area is 190 Å². The number of rotatable bonds is 7. The van der Waals surface area contributed by atoms with Crippen molar-refractivity contribution in [3.8, 4) is 22.8 Å². The van der Waals surface area contributed by atoms with Crippen molar-refractivity contribution in [2.45, 2.75) is 12.2 Å². The molecule has 2 aliphatic rings. The number of hydrogen-bond acceptors (Lipinski definition) is 5. The van der Waals surface area contributed by atoms with Crippen LogP contribution in [0.2, 0.25) is 0 Å². The van der Waals surface area contributed by atoms with E-state index in [9.17, 15) is 0 Å². The Balaban J connectivity index is 1.39. The lowest BCUT2D eigenvalue weighted by molar-refractivity contribution is 0.263. The van der Waals surface area contributed by atoms with Crippen LogP contribution in [0.25, 0.3) is 43.8 Å². The van der Waals surface area contributed by atoms with Crippen molar-refractivity contribution in [1.82, 2.24) is 0 Å². The van der Waals surface area contributed by atoms with E-state index >= 15 is 0 Å². The number of furan rings is 1. The van der Waals surface area contributed by atoms with E-state index in [1.807, 2.05) is 30.3 Å². The van der Waals surface area contributed by atoms with Gasteiger partial charge in [0, 0.05) is 10.8 Å². The largest absolute Gasteiger partial charge is 0.491 e. The second kappa shape index (κ2) is 7.51. The van der Waals surface area contributed by atoms with Crippen molar-refractivity contribution in [3.05, 3.63) is 72.8 Å². The lowest BCUT2D eigenvalue weighted by Gasteiger charge is -2.09. The van der Waals surface area contributed by atoms with Gasteiger partial charge in [0.2, 0.25) is 0 Å². The molecular weight excluding hydrogens is 416 g/mol. The molecule has 0 saturated carbocycles. The topological polar surface area (TPSA) is 56.7 Å². The van der Waals surface area contributed by atoms with Gasteiger partial charge in [0.05, 0.1) is 18.8 Å². The zero-order chi connectivity index (χ0) is 21.8. The summed E-state index contributed by atoms with van der Waals surface area (Å²) in [4.78, 5) is 0. The second-order valence-electron chi connectivity index (χ2n) is 8.64. The average molecular weight is 438 g/mol. The fourth-order valence-corrected chi connectivity index (χ4v) is 4.41. The maximum absolute atomic E-state index is 6.51. The minimum Gasteiger partial charge on any atom is -0.491 e. The van der Waals surface area contributed by atoms with Gasteiger partial charge >= 0.3 is 0 Å². The summed E-state index contributed by atoms with van der Waals surface area (Å²) < 4.78 is 29.1. The standard InChI is InChI=1S/C28H22O5/c1-2-6-21-20(5-1)24-11-17(29-13-18-14-30-18)9-10-22(24)28-25(21)12-27(33-28)23-7-3-4-8-26(23)32-16-19-15-31-19/h1-12,18-19H,13-16H2. The number of fused-ring (bicyclic) bond motifs is 6. The van der Waals surface area contributed by atoms with Crippen LogP contribution in [0, 0.1) is 0 Å². The van der Waals surface area contributed by atoms with Crippen molar-refractivity contribution < 1.29 is 23.4 Å². The van der Waals surface area contributed by atoms with Crippen molar-refractivity contribution in [3.63, 3.8) is 0 Å². The first kappa shape index (κ1) is 19.0. The molecule has 2 atom stereocenters. The number of benzene rings is 4. The summed E-state index contributed by atoms with van der Waals surface area (Å²) in [5.41, 5.74) is 1.81. The molecule has 164 valence electrons. The highest BCUT2D eigenvalue weighted by atomic mass is 16.6. The van der Waals surface area contributed by atoms with Gasteiger partial charge in [0.1, 0.15) is 48.3 Å². The van der Waals surface area contributed by atoms with E-state index in [1.54, 1.807) is 0 Å². The van der Waals surface area contributed by atoms with Gasteiger partial charge < -0.3 is 23.4 Å². The zero-order valence-electron chi connectivity index (χ0n) is 18.0. The Bertz CT molecular complexity index is 1490. The summed E-state index contributed by atoms with van der Waals surface area (Å²) >= 11 is 0. The highest BCUT2D eigenvalue weighted by Gasteiger charge is 2.25. The highest BCUT2D eigenvalue weighted by Crippen LogP contribution is 2.42. The van der Waals surface area contributed by atoms with E-state index in [1.165, 1.54) is 5.39 Å². The number of epoxide rings is 2. The van der Waals surface area contributed by atoms with Crippen LogP contribution >= 0.6 is 0 Å². The van der Waals surface area contributed by atoms with Crippen LogP contribution in [0.5, 0.6) is 11.5 Å². The minimum absolute atomic E-state index is 0.199. The van der Waals surface area contributed by atoms with Gasteiger partial charge in [-0.3, -0.25) is 0 Å². The Kier molecular flexibility index (Phi) is 4.32. The molecule has 5 heteroatoms. The van der Waals surface area contributed by atoms with Gasteiger partial charge in [0.15, 0.2) is 0 Å². The maximum atomic E-state index is 6.51. The van der Waals surface area contributed by atoms with E-state index in [4.69, 9.17) is 23.4 Å². The van der Waals surface area contributed by atoms with Crippen LogP contribution in [-0.2, 0) is 9.47 Å². The molecule has 0 bridgehead atoms. The summed E-state index contributed by atoms with van der Waals surface area (Å²) in [6.07, 6.45) is 0.422. The Hall–Kier alpha value is -3.54. The van der Waals surface area contributed by atoms with Gasteiger partial charge in [0.25, 0.3) is 0 Å². The molecule has 0 radical (unpaired) electrons. The molecule has 3 heterocycles. The second-order valence-corrected chi connectivity index (χ2v) is 8.64. The first-order valence-electron chi connectivity index (χ1n) is 11.3. The van der Waals surface area contributed by atoms with Crippen molar-refractivity contribution in [2.75, 3.05) is 26.4 Å². The van der Waals surface area contributed by atoms with E-state index < -0.39 is 0 Å². The van der Waals surface area contributed by atoms with Crippen LogP contribution < -0.4 is 9.47 Å². The average Bonchev–Trinajstić information content (AvgIpc) is 3.80. The molecule has 2 saturated heterocycles. The molecule has 2 unspecified atom stereocenters. The quantitative estimate of drug-likeness (QED) is 0.232. The van der Waals surface area contributed by atoms with Crippen LogP contribution in [0.4, 0.5) is 0 Å². The summed E-state index contributed by atoms with van der Waals surface area (Å²) in [6, 6.07) is 24.8. The van der Waals surface area contributed by atoms with Crippen LogP contribution in [0.1, 0.15) is 0 Å². The van der Waals surface area contributed by atoms with Gasteiger partial charge in [-0.05, 0) is 52.6 Å². The van der Waals surface area contributed by atoms with Gasteiger partial charge in [-0.2, -0.15) is 0 Å². The Morgan fingerprint density at radius 1 is 0.667 bits per heavy atom. The summed E-state index contributed by atoms with van der Waals surface area (Å²) in [6.45, 7) is 2.69. The first-order valence-corrected chi connectivity index (χ1v) is 11.3. The maximum Gasteiger partial charge on any atom is 0.143 e. The fourth-order valence-electron chi connectivity index (χ4n) is 4.41. The first-order chi connectivity index (χ1) is 16.3. The molecule has 0 amide bonds. The molecule has 4 aromatic carbocycles. The minimum atomic E-state index is 0.199. The van der Waals surface area contributed by atoms with E-state index in [-0.39, 0.29) is 12.2 Å². The molecule has 1 aromatic heterocycles. The van der Waals surface area contributed by atoms with E-state index in [0.29, 0.717) is 13.2 Å². The molecule has 2 fully saturated rings. The van der Waals surface area contributed by atoms with E-state index in [0.717, 1.165) is 63.2 Å². The summed E-state index contributed by atoms with van der Waals surface area (Å²) in [5.74, 6) is 2.44. The van der Waals surface area contributed by atoms with Crippen LogP contribution in [0.3, 0.4) is 0 Å². The monoisotopic (exact) mass is 438 g/mol. The third kappa shape index (κ3) is 3.50. The van der Waals surface area contributed by atoms with Crippen molar-refractivity contribution in [2.24, 2.45) is 0 Å². The molecule has 2 aliphatic heterocycles. The molecule has 5 nitrogen and oxygen atoms in total. The smallest absolute Gasteiger partial charge is 0.143 e. The number of hydrogen-bond donors (Lipinski definition) is 0. The molecule has 7 rings (SSSR count). The van der Waals surface area contributed by atoms with Crippen molar-refractivity contribution >= 4 is 32.5 Å². The van der Waals surface area contributed by atoms with Crippen LogP contribution in [0.15, 0.2) is 77.2 Å². The summed E-state index contributed by atoms with van der Waals surface area (Å²) in [7, 11) is 0. The lowest BCUT2D eigenvalue weighted by Crippen LogP contribution is -2.04. The zero-order valence-corrected chi connectivity index (χ0v) is 18.0. The number of para-hydroxylation sites is 1. The highest BCUT2D eigenvalue weighted by molar-refractivity contribution is 6.24. The summed E-state index contributed by atoms with van der Waals surface area (Å²) in [5, 5.41) is 5.60. The Morgan fingerprint density at radius 2 is 1.36 bits per heavy atom. The third-order valence-corrected chi connectivity index (χ3v) is 6.29. The molecule has 33 heavy (non-hydrogen) atoms. The van der Waals surface area contributed by atoms with Gasteiger partial charge in [-0.1, -0.05) is 36.4 Å². The predicted molar refractivity (Wildman–Crippen MR) is 127 cm³/mol. The van der Waals surface area contributed by atoms with Gasteiger partial charge in [-0.15, -0.1) is 0 Å². The Morgan fingerprint density at radius 3 is 2.15 bits per heavy atom. The number of ether oxygens (including phenoxy) is 4. The van der Waals surface area contributed by atoms with Crippen LogP contribution in [-0.4, -0.2) is 38.6 Å². The van der Waals surface area contributed by atoms with Crippen molar-refractivity contribution in [1.29, 1.82) is 0 Å².